The van der Waals surface area contributed by atoms with Crippen molar-refractivity contribution in [3.05, 3.63) is 53.2 Å². The number of pyridine rings is 1. The van der Waals surface area contributed by atoms with Crippen molar-refractivity contribution in [2.75, 3.05) is 6.54 Å². The molecule has 1 heterocycles. The first-order chi connectivity index (χ1) is 12.5. The molecule has 26 heavy (non-hydrogen) atoms. The van der Waals surface area contributed by atoms with E-state index in [1.807, 2.05) is 6.07 Å². The van der Waals surface area contributed by atoms with Crippen LogP contribution in [0.3, 0.4) is 0 Å². The van der Waals surface area contributed by atoms with Crippen molar-refractivity contribution < 1.29 is 9.53 Å². The highest BCUT2D eigenvalue weighted by molar-refractivity contribution is 5.92. The first-order valence-electron chi connectivity index (χ1n) is 9.30. The summed E-state index contributed by atoms with van der Waals surface area (Å²) in [7, 11) is 0. The molecule has 1 aromatic heterocycles. The maximum absolute atomic E-state index is 11.1. The summed E-state index contributed by atoms with van der Waals surface area (Å²) >= 11 is 0. The van der Waals surface area contributed by atoms with Gasteiger partial charge in [0.05, 0.1) is 5.56 Å². The molecule has 1 atom stereocenters. The van der Waals surface area contributed by atoms with Gasteiger partial charge in [-0.15, -0.1) is 0 Å². The zero-order valence-electron chi connectivity index (χ0n) is 15.5. The lowest BCUT2D eigenvalue weighted by molar-refractivity contribution is 0.1000. The third-order valence-corrected chi connectivity index (χ3v) is 4.80. The van der Waals surface area contributed by atoms with Gasteiger partial charge in [0.2, 0.25) is 11.8 Å². The minimum Gasteiger partial charge on any atom is -0.439 e. The lowest BCUT2D eigenvalue weighted by atomic mass is 9.88. The van der Waals surface area contributed by atoms with E-state index in [0.29, 0.717) is 17.5 Å². The van der Waals surface area contributed by atoms with Gasteiger partial charge in [-0.3, -0.25) is 4.79 Å². The maximum atomic E-state index is 11.1. The highest BCUT2D eigenvalue weighted by Crippen LogP contribution is 2.28. The number of hydrogen-bond donors (Lipinski definition) is 2. The number of primary amides is 1. The van der Waals surface area contributed by atoms with Crippen molar-refractivity contribution >= 4 is 5.91 Å². The van der Waals surface area contributed by atoms with E-state index in [-0.39, 0.29) is 0 Å². The molecular weight excluding hydrogens is 326 g/mol. The summed E-state index contributed by atoms with van der Waals surface area (Å²) < 4.78 is 5.84. The van der Waals surface area contributed by atoms with E-state index in [2.05, 4.69) is 36.3 Å². The van der Waals surface area contributed by atoms with Crippen molar-refractivity contribution in [3.8, 4) is 11.6 Å². The molecule has 0 radical (unpaired) electrons. The van der Waals surface area contributed by atoms with Crippen LogP contribution in [0.5, 0.6) is 11.6 Å². The van der Waals surface area contributed by atoms with E-state index in [0.717, 1.165) is 31.1 Å². The third kappa shape index (κ3) is 4.82. The highest BCUT2D eigenvalue weighted by atomic mass is 16.5. The zero-order valence-corrected chi connectivity index (χ0v) is 15.5. The predicted molar refractivity (Wildman–Crippen MR) is 103 cm³/mol. The molecule has 0 fully saturated rings. The maximum Gasteiger partial charge on any atom is 0.250 e. The lowest BCUT2D eigenvalue weighted by Gasteiger charge is -2.26. The van der Waals surface area contributed by atoms with Crippen molar-refractivity contribution in [2.45, 2.75) is 45.6 Å². The molecule has 1 aliphatic carbocycles. The Balaban J connectivity index is 1.63. The number of hydrogen-bond acceptors (Lipinski definition) is 4. The SMILES string of the molecule is CC(C)CCNC1CCc2ccc(Oc3ccc(C(N)=O)cn3)cc2C1. The number of amides is 1. The summed E-state index contributed by atoms with van der Waals surface area (Å²) in [5, 5.41) is 3.68. The van der Waals surface area contributed by atoms with Crippen LogP contribution in [0.2, 0.25) is 0 Å². The van der Waals surface area contributed by atoms with Crippen LogP contribution < -0.4 is 15.8 Å². The highest BCUT2D eigenvalue weighted by Gasteiger charge is 2.19. The molecule has 3 N–H and O–H groups in total. The number of carbonyl (C=O) groups excluding carboxylic acids is 1. The first kappa shape index (κ1) is 18.4. The second-order valence-electron chi connectivity index (χ2n) is 7.36. The van der Waals surface area contributed by atoms with Crippen LogP contribution >= 0.6 is 0 Å². The fraction of sp³-hybridized carbons (Fsp3) is 0.429. The average Bonchev–Trinajstić information content (AvgIpc) is 2.61. The third-order valence-electron chi connectivity index (χ3n) is 4.80. The molecule has 0 spiro atoms. The Morgan fingerprint density at radius 3 is 2.85 bits per heavy atom. The topological polar surface area (TPSA) is 77.2 Å². The van der Waals surface area contributed by atoms with Crippen molar-refractivity contribution in [2.24, 2.45) is 11.7 Å². The molecule has 1 aromatic carbocycles. The molecule has 1 amide bonds. The van der Waals surface area contributed by atoms with E-state index in [4.69, 9.17) is 10.5 Å². The predicted octanol–water partition coefficient (Wildman–Crippen LogP) is 3.47. The van der Waals surface area contributed by atoms with Gasteiger partial charge >= 0.3 is 0 Å². The van der Waals surface area contributed by atoms with Gasteiger partial charge in [-0.1, -0.05) is 19.9 Å². The molecule has 3 rings (SSSR count). The molecule has 2 aromatic rings. The van der Waals surface area contributed by atoms with E-state index in [1.165, 1.54) is 30.2 Å². The van der Waals surface area contributed by atoms with Crippen molar-refractivity contribution in [1.29, 1.82) is 0 Å². The largest absolute Gasteiger partial charge is 0.439 e. The number of aryl methyl sites for hydroxylation is 1. The molecule has 138 valence electrons. The molecule has 0 bridgehead atoms. The van der Waals surface area contributed by atoms with Crippen molar-refractivity contribution in [3.63, 3.8) is 0 Å². The molecule has 1 aliphatic rings. The van der Waals surface area contributed by atoms with Gasteiger partial charge in [0.15, 0.2) is 0 Å². The number of benzene rings is 1. The minimum atomic E-state index is -0.492. The molecule has 5 heteroatoms. The number of rotatable bonds is 7. The molecule has 0 saturated carbocycles. The number of aromatic nitrogens is 1. The van der Waals surface area contributed by atoms with Crippen LogP contribution in [0.1, 0.15) is 48.2 Å². The fourth-order valence-electron chi connectivity index (χ4n) is 3.25. The summed E-state index contributed by atoms with van der Waals surface area (Å²) in [6, 6.07) is 10.1. The fourth-order valence-corrected chi connectivity index (χ4v) is 3.25. The number of ether oxygens (including phenoxy) is 1. The smallest absolute Gasteiger partial charge is 0.250 e. The number of nitrogens with two attached hydrogens (primary N) is 1. The summed E-state index contributed by atoms with van der Waals surface area (Å²) in [6.45, 7) is 5.58. The van der Waals surface area contributed by atoms with Gasteiger partial charge < -0.3 is 15.8 Å². The van der Waals surface area contributed by atoms with E-state index in [1.54, 1.807) is 12.1 Å². The number of nitrogens with zero attached hydrogens (tertiary/aromatic N) is 1. The van der Waals surface area contributed by atoms with Gasteiger partial charge in [0.1, 0.15) is 5.75 Å². The molecule has 1 unspecified atom stereocenters. The monoisotopic (exact) mass is 353 g/mol. The van der Waals surface area contributed by atoms with Crippen LogP contribution in [-0.2, 0) is 12.8 Å². The summed E-state index contributed by atoms with van der Waals surface area (Å²) in [5.41, 5.74) is 8.34. The van der Waals surface area contributed by atoms with Crippen molar-refractivity contribution in [1.82, 2.24) is 10.3 Å². The summed E-state index contributed by atoms with van der Waals surface area (Å²) in [5.74, 6) is 1.46. The van der Waals surface area contributed by atoms with E-state index < -0.39 is 5.91 Å². The van der Waals surface area contributed by atoms with Gasteiger partial charge in [0.25, 0.3) is 0 Å². The number of nitrogens with one attached hydrogen (secondary N) is 1. The van der Waals surface area contributed by atoms with Gasteiger partial charge in [-0.05, 0) is 67.5 Å². The zero-order chi connectivity index (χ0) is 18.5. The summed E-state index contributed by atoms with van der Waals surface area (Å²) in [4.78, 5) is 15.3. The Labute approximate surface area is 155 Å². The minimum absolute atomic E-state index is 0.373. The number of fused-ring (bicyclic) bond motifs is 1. The van der Waals surface area contributed by atoms with Crippen LogP contribution in [0.15, 0.2) is 36.5 Å². The summed E-state index contributed by atoms with van der Waals surface area (Å²) in [6.07, 6.45) is 5.95. The van der Waals surface area contributed by atoms with Crippen LogP contribution in [0, 0.1) is 5.92 Å². The Bertz CT molecular complexity index is 756. The normalized spacial score (nSPS) is 16.3. The quantitative estimate of drug-likeness (QED) is 0.799. The van der Waals surface area contributed by atoms with E-state index >= 15 is 0 Å². The number of carbonyl (C=O) groups is 1. The van der Waals surface area contributed by atoms with Crippen LogP contribution in [-0.4, -0.2) is 23.5 Å². The molecular formula is C21H27N3O2. The molecule has 0 aliphatic heterocycles. The standard InChI is InChI=1S/C21H27N3O2/c1-14(2)9-10-23-18-6-3-15-4-7-19(12-17(15)11-18)26-20-8-5-16(13-24-20)21(22)25/h4-5,7-8,12-14,18,23H,3,6,9-11H2,1-2H3,(H2,22,25). The second kappa shape index (κ2) is 8.32. The second-order valence-corrected chi connectivity index (χ2v) is 7.36. The van der Waals surface area contributed by atoms with Crippen LogP contribution in [0.4, 0.5) is 0 Å². The van der Waals surface area contributed by atoms with E-state index in [9.17, 15) is 4.79 Å². The Kier molecular flexibility index (Phi) is 5.89. The lowest BCUT2D eigenvalue weighted by Crippen LogP contribution is -2.35. The van der Waals surface area contributed by atoms with Gasteiger partial charge in [-0.2, -0.15) is 0 Å². The average molecular weight is 353 g/mol. The molecule has 5 nitrogen and oxygen atoms in total. The van der Waals surface area contributed by atoms with Gasteiger partial charge in [0, 0.05) is 18.3 Å². The Hall–Kier alpha value is -2.40. The van der Waals surface area contributed by atoms with Gasteiger partial charge in [-0.25, -0.2) is 4.98 Å². The Morgan fingerprint density at radius 1 is 1.31 bits per heavy atom. The Morgan fingerprint density at radius 2 is 2.15 bits per heavy atom. The van der Waals surface area contributed by atoms with Crippen LogP contribution in [0.25, 0.3) is 0 Å². The molecule has 0 saturated heterocycles. The first-order valence-corrected chi connectivity index (χ1v) is 9.30.